The normalized spacial score (nSPS) is 13.2. The Balaban J connectivity index is 0.000000617. The Morgan fingerprint density at radius 3 is 1.17 bits per heavy atom. The summed E-state index contributed by atoms with van der Waals surface area (Å²) in [6.07, 6.45) is 0. The first-order chi connectivity index (χ1) is 21.3. The van der Waals surface area contributed by atoms with Crippen LogP contribution in [0.2, 0.25) is 0 Å². The third kappa shape index (κ3) is 9.65. The standard InChI is InChI=1S/C36H31O2S.F6P/c1-36(2,3)30-24-25-31(39(28-20-12-6-13-21-28)29-22-14-7-15-23-29)33(35(38)27-18-10-5-11-19-27)32(30)34(37)26-16-8-4-9-17-26;1-7(2,3,4,5)6/h4-25H,1-3H3;/q+1;-1. The first kappa shape index (κ1) is 34.7. The minimum atomic E-state index is -10.7. The Hall–Kier alpha value is -4.20. The van der Waals surface area contributed by atoms with Gasteiger partial charge in [0.25, 0.3) is 0 Å². The molecule has 0 spiro atoms. The number of benzene rings is 5. The zero-order valence-electron chi connectivity index (χ0n) is 25.1. The van der Waals surface area contributed by atoms with Gasteiger partial charge in [-0.05, 0) is 41.3 Å². The average molecular weight is 673 g/mol. The molecular formula is C36H31F6O2PS. The molecule has 0 heterocycles. The molecule has 0 saturated heterocycles. The van der Waals surface area contributed by atoms with Crippen molar-refractivity contribution in [3.05, 3.63) is 161 Å². The molecule has 5 aromatic carbocycles. The summed E-state index contributed by atoms with van der Waals surface area (Å²) in [4.78, 5) is 31.9. The van der Waals surface area contributed by atoms with Gasteiger partial charge in [-0.3, -0.25) is 9.59 Å². The Bertz CT molecular complexity index is 1780. The fourth-order valence-corrected chi connectivity index (χ4v) is 7.05. The molecule has 0 aliphatic rings. The third-order valence-electron chi connectivity index (χ3n) is 6.68. The molecule has 0 radical (unpaired) electrons. The van der Waals surface area contributed by atoms with Crippen LogP contribution in [0.1, 0.15) is 58.2 Å². The monoisotopic (exact) mass is 672 g/mol. The predicted molar refractivity (Wildman–Crippen MR) is 174 cm³/mol. The molecule has 240 valence electrons. The molecule has 0 aliphatic carbocycles. The van der Waals surface area contributed by atoms with E-state index in [4.69, 9.17) is 0 Å². The zero-order valence-corrected chi connectivity index (χ0v) is 26.9. The number of hydrogen-bond donors (Lipinski definition) is 0. The van der Waals surface area contributed by atoms with Gasteiger partial charge < -0.3 is 0 Å². The van der Waals surface area contributed by atoms with Gasteiger partial charge in [0.1, 0.15) is 10.9 Å². The molecule has 0 unspecified atom stereocenters. The summed E-state index contributed by atoms with van der Waals surface area (Å²) in [5.41, 5.74) is 2.62. The minimum absolute atomic E-state index is 0.133. The van der Waals surface area contributed by atoms with E-state index in [1.807, 2.05) is 97.1 Å². The van der Waals surface area contributed by atoms with Crippen molar-refractivity contribution in [1.29, 1.82) is 0 Å². The molecule has 0 atom stereocenters. The number of ketones is 2. The van der Waals surface area contributed by atoms with Crippen molar-refractivity contribution in [2.24, 2.45) is 0 Å². The van der Waals surface area contributed by atoms with Gasteiger partial charge in [-0.2, -0.15) is 0 Å². The summed E-state index contributed by atoms with van der Waals surface area (Å²) < 4.78 is 59.2. The van der Waals surface area contributed by atoms with Crippen molar-refractivity contribution >= 4 is 30.3 Å². The van der Waals surface area contributed by atoms with Crippen LogP contribution in [-0.2, 0) is 16.3 Å². The van der Waals surface area contributed by atoms with Crippen LogP contribution in [0.5, 0.6) is 0 Å². The molecule has 0 amide bonds. The number of carbonyl (C=O) groups excluding carboxylic acids is 2. The summed E-state index contributed by atoms with van der Waals surface area (Å²) in [7, 11) is -11.3. The van der Waals surface area contributed by atoms with Crippen molar-refractivity contribution in [2.45, 2.75) is 40.9 Å². The van der Waals surface area contributed by atoms with Crippen molar-refractivity contribution in [2.75, 3.05) is 0 Å². The summed E-state index contributed by atoms with van der Waals surface area (Å²) in [6, 6.07) is 43.2. The zero-order chi connectivity index (χ0) is 33.8. The van der Waals surface area contributed by atoms with Gasteiger partial charge in [0.05, 0.1) is 5.56 Å². The van der Waals surface area contributed by atoms with E-state index in [1.54, 1.807) is 0 Å². The molecule has 5 rings (SSSR count). The van der Waals surface area contributed by atoms with Gasteiger partial charge in [-0.15, -0.1) is 0 Å². The van der Waals surface area contributed by atoms with Gasteiger partial charge in [0, 0.05) is 16.7 Å². The molecule has 10 heteroatoms. The topological polar surface area (TPSA) is 34.1 Å². The molecule has 0 fully saturated rings. The van der Waals surface area contributed by atoms with Gasteiger partial charge in [-0.25, -0.2) is 0 Å². The molecule has 0 bridgehead atoms. The van der Waals surface area contributed by atoms with E-state index in [2.05, 4.69) is 57.2 Å². The van der Waals surface area contributed by atoms with E-state index in [9.17, 15) is 34.8 Å². The van der Waals surface area contributed by atoms with E-state index in [0.29, 0.717) is 22.3 Å². The molecular weight excluding hydrogens is 641 g/mol. The molecule has 0 saturated carbocycles. The van der Waals surface area contributed by atoms with Crippen LogP contribution in [0.15, 0.2) is 148 Å². The fourth-order valence-electron chi connectivity index (χ4n) is 4.81. The Kier molecular flexibility index (Phi) is 9.45. The Labute approximate surface area is 266 Å². The van der Waals surface area contributed by atoms with Gasteiger partial charge in [-0.1, -0.05) is 124 Å². The number of hydrogen-bond acceptors (Lipinski definition) is 2. The quantitative estimate of drug-likeness (QED) is 0.0746. The SMILES string of the molecule is CC(C)(C)c1ccc([S+](c2ccccc2)c2ccccc2)c(C(=O)c2ccccc2)c1C(=O)c1ccccc1.F[P-](F)(F)(F)(F)F. The van der Waals surface area contributed by atoms with Crippen molar-refractivity contribution in [3.8, 4) is 0 Å². The number of carbonyl (C=O) groups is 2. The molecule has 0 aliphatic heterocycles. The van der Waals surface area contributed by atoms with Gasteiger partial charge >= 0.3 is 33.0 Å². The molecule has 0 N–H and O–H groups in total. The Morgan fingerprint density at radius 1 is 0.500 bits per heavy atom. The van der Waals surface area contributed by atoms with Crippen LogP contribution in [0.4, 0.5) is 25.2 Å². The molecule has 46 heavy (non-hydrogen) atoms. The maximum atomic E-state index is 14.5. The molecule has 2 nitrogen and oxygen atoms in total. The third-order valence-corrected chi connectivity index (χ3v) is 8.95. The predicted octanol–water partition coefficient (Wildman–Crippen LogP) is 11.9. The van der Waals surface area contributed by atoms with Crippen molar-refractivity contribution in [3.63, 3.8) is 0 Å². The summed E-state index contributed by atoms with van der Waals surface area (Å²) in [5.74, 6) is -0.272. The second-order valence-electron chi connectivity index (χ2n) is 11.4. The number of halogens is 6. The second-order valence-corrected chi connectivity index (χ2v) is 15.3. The first-order valence-corrected chi connectivity index (χ1v) is 17.3. The number of rotatable bonds is 7. The van der Waals surface area contributed by atoms with Crippen LogP contribution >= 0.6 is 7.81 Å². The van der Waals surface area contributed by atoms with E-state index < -0.39 is 18.7 Å². The van der Waals surface area contributed by atoms with E-state index in [1.165, 1.54) is 0 Å². The van der Waals surface area contributed by atoms with Crippen LogP contribution in [0.25, 0.3) is 0 Å². The molecule has 5 aromatic rings. The van der Waals surface area contributed by atoms with Crippen LogP contribution in [-0.4, -0.2) is 11.6 Å². The average Bonchev–Trinajstić information content (AvgIpc) is 3.00. The van der Waals surface area contributed by atoms with Crippen LogP contribution in [0.3, 0.4) is 0 Å². The van der Waals surface area contributed by atoms with Crippen LogP contribution in [0, 0.1) is 0 Å². The fraction of sp³-hybridized carbons (Fsp3) is 0.111. The van der Waals surface area contributed by atoms with E-state index >= 15 is 0 Å². The first-order valence-electron chi connectivity index (χ1n) is 14.1. The summed E-state index contributed by atoms with van der Waals surface area (Å²) in [6.45, 7) is 6.28. The van der Waals surface area contributed by atoms with Crippen molar-refractivity contribution in [1.82, 2.24) is 0 Å². The summed E-state index contributed by atoms with van der Waals surface area (Å²) in [5, 5.41) is 0. The second kappa shape index (κ2) is 12.5. The van der Waals surface area contributed by atoms with Gasteiger partial charge in [0.2, 0.25) is 0 Å². The molecule has 0 aromatic heterocycles. The van der Waals surface area contributed by atoms with Crippen molar-refractivity contribution < 1.29 is 34.8 Å². The van der Waals surface area contributed by atoms with E-state index in [0.717, 1.165) is 20.2 Å². The van der Waals surface area contributed by atoms with E-state index in [-0.39, 0.29) is 17.0 Å². The van der Waals surface area contributed by atoms with Crippen LogP contribution < -0.4 is 0 Å². The Morgan fingerprint density at radius 2 is 0.826 bits per heavy atom. The van der Waals surface area contributed by atoms with Gasteiger partial charge in [0.15, 0.2) is 26.3 Å². The maximum absolute atomic E-state index is 14.5. The summed E-state index contributed by atoms with van der Waals surface area (Å²) >= 11 is 0.